The number of likely N-dealkylation sites (N-methyl/N-ethyl adjacent to an activating group) is 1. The Kier molecular flexibility index (Phi) is 3.41. The Hall–Kier alpha value is -1.43. The fourth-order valence-electron chi connectivity index (χ4n) is 1.63. The summed E-state index contributed by atoms with van der Waals surface area (Å²) in [7, 11) is 1.44. The molecular formula is C9H15N3O3. The Labute approximate surface area is 87.8 Å². The van der Waals surface area contributed by atoms with Crippen LogP contribution in [0.4, 0.5) is 0 Å². The van der Waals surface area contributed by atoms with E-state index in [1.165, 1.54) is 7.05 Å². The average Bonchev–Trinajstić information content (AvgIpc) is 2.45. The van der Waals surface area contributed by atoms with Crippen molar-refractivity contribution >= 4 is 17.7 Å². The molecule has 2 atom stereocenters. The minimum Gasteiger partial charge on any atom is -0.357 e. The standard InChI is InChI=1S/C9H15N3O3/c1-5-3-7(13)12(9(5)15)6(4-10)8(14)11-2/h5-6H,3-4,10H2,1-2H3,(H,11,14). The summed E-state index contributed by atoms with van der Waals surface area (Å²) in [6.07, 6.45) is 0.159. The number of nitrogens with one attached hydrogen (secondary N) is 1. The van der Waals surface area contributed by atoms with Gasteiger partial charge in [0.25, 0.3) is 0 Å². The first kappa shape index (κ1) is 11.6. The van der Waals surface area contributed by atoms with Crippen LogP contribution in [-0.2, 0) is 14.4 Å². The monoisotopic (exact) mass is 213 g/mol. The Morgan fingerprint density at radius 3 is 2.60 bits per heavy atom. The first-order chi connectivity index (χ1) is 7.02. The second-order valence-corrected chi connectivity index (χ2v) is 3.57. The van der Waals surface area contributed by atoms with Crippen molar-refractivity contribution in [1.82, 2.24) is 10.2 Å². The van der Waals surface area contributed by atoms with Crippen LogP contribution in [0.5, 0.6) is 0 Å². The van der Waals surface area contributed by atoms with Crippen LogP contribution in [0.15, 0.2) is 0 Å². The van der Waals surface area contributed by atoms with Crippen molar-refractivity contribution in [1.29, 1.82) is 0 Å². The molecule has 84 valence electrons. The molecule has 6 heteroatoms. The van der Waals surface area contributed by atoms with E-state index in [-0.39, 0.29) is 30.7 Å². The van der Waals surface area contributed by atoms with E-state index in [1.807, 2.05) is 0 Å². The molecule has 0 aromatic carbocycles. The minimum absolute atomic E-state index is 0.0517. The molecule has 0 bridgehead atoms. The molecule has 3 N–H and O–H groups in total. The summed E-state index contributed by atoms with van der Waals surface area (Å²) in [6, 6.07) is -0.875. The molecule has 1 fully saturated rings. The molecule has 1 aliphatic rings. The van der Waals surface area contributed by atoms with Gasteiger partial charge < -0.3 is 11.1 Å². The zero-order valence-electron chi connectivity index (χ0n) is 8.82. The van der Waals surface area contributed by atoms with Crippen LogP contribution in [0, 0.1) is 5.92 Å². The van der Waals surface area contributed by atoms with Gasteiger partial charge in [0, 0.05) is 25.9 Å². The van der Waals surface area contributed by atoms with E-state index in [4.69, 9.17) is 5.73 Å². The lowest BCUT2D eigenvalue weighted by Crippen LogP contribution is -2.52. The van der Waals surface area contributed by atoms with Crippen molar-refractivity contribution in [3.05, 3.63) is 0 Å². The summed E-state index contributed by atoms with van der Waals surface area (Å²) in [5, 5.41) is 2.38. The van der Waals surface area contributed by atoms with Gasteiger partial charge in [-0.1, -0.05) is 6.92 Å². The summed E-state index contributed by atoms with van der Waals surface area (Å²) in [5.74, 6) is -1.41. The molecule has 2 unspecified atom stereocenters. The van der Waals surface area contributed by atoms with Crippen LogP contribution < -0.4 is 11.1 Å². The minimum atomic E-state index is -0.875. The van der Waals surface area contributed by atoms with Crippen LogP contribution >= 0.6 is 0 Å². The highest BCUT2D eigenvalue weighted by molar-refractivity contribution is 6.06. The topological polar surface area (TPSA) is 92.5 Å². The number of nitrogens with two attached hydrogens (primary N) is 1. The second kappa shape index (κ2) is 4.39. The molecular weight excluding hydrogens is 198 g/mol. The molecule has 0 saturated carbocycles. The van der Waals surface area contributed by atoms with E-state index in [9.17, 15) is 14.4 Å². The molecule has 1 saturated heterocycles. The van der Waals surface area contributed by atoms with Gasteiger partial charge in [0.2, 0.25) is 17.7 Å². The van der Waals surface area contributed by atoms with Crippen LogP contribution in [0.3, 0.4) is 0 Å². The van der Waals surface area contributed by atoms with Crippen molar-refractivity contribution in [3.63, 3.8) is 0 Å². The number of carbonyl (C=O) groups excluding carboxylic acids is 3. The third-order valence-corrected chi connectivity index (χ3v) is 2.49. The molecule has 1 heterocycles. The Morgan fingerprint density at radius 1 is 1.67 bits per heavy atom. The molecule has 15 heavy (non-hydrogen) atoms. The maximum Gasteiger partial charge on any atom is 0.244 e. The van der Waals surface area contributed by atoms with Gasteiger partial charge in [-0.3, -0.25) is 19.3 Å². The van der Waals surface area contributed by atoms with Crippen molar-refractivity contribution in [3.8, 4) is 0 Å². The number of amides is 3. The van der Waals surface area contributed by atoms with Gasteiger partial charge in [0.15, 0.2) is 0 Å². The summed E-state index contributed by atoms with van der Waals surface area (Å²) in [5.41, 5.74) is 5.39. The highest BCUT2D eigenvalue weighted by Crippen LogP contribution is 2.20. The number of carbonyl (C=O) groups is 3. The predicted molar refractivity (Wildman–Crippen MR) is 52.5 cm³/mol. The van der Waals surface area contributed by atoms with Gasteiger partial charge in [-0.2, -0.15) is 0 Å². The van der Waals surface area contributed by atoms with E-state index >= 15 is 0 Å². The van der Waals surface area contributed by atoms with Gasteiger partial charge in [-0.25, -0.2) is 0 Å². The molecule has 0 spiro atoms. The quantitative estimate of drug-likeness (QED) is 0.555. The smallest absolute Gasteiger partial charge is 0.244 e. The van der Waals surface area contributed by atoms with Crippen molar-refractivity contribution in [2.45, 2.75) is 19.4 Å². The normalized spacial score (nSPS) is 23.1. The van der Waals surface area contributed by atoms with Gasteiger partial charge in [-0.05, 0) is 0 Å². The molecule has 0 aromatic heterocycles. The highest BCUT2D eigenvalue weighted by atomic mass is 16.2. The summed E-state index contributed by atoms with van der Waals surface area (Å²) in [4.78, 5) is 35.5. The molecule has 0 aliphatic carbocycles. The fraction of sp³-hybridized carbons (Fsp3) is 0.667. The van der Waals surface area contributed by atoms with Crippen LogP contribution in [-0.4, -0.2) is 42.3 Å². The predicted octanol–water partition coefficient (Wildman–Crippen LogP) is -1.55. The zero-order chi connectivity index (χ0) is 11.6. The second-order valence-electron chi connectivity index (χ2n) is 3.57. The zero-order valence-corrected chi connectivity index (χ0v) is 8.82. The number of likely N-dealkylation sites (tertiary alicyclic amines) is 1. The van der Waals surface area contributed by atoms with Crippen molar-refractivity contribution < 1.29 is 14.4 Å². The van der Waals surface area contributed by atoms with Crippen molar-refractivity contribution in [2.24, 2.45) is 11.7 Å². The molecule has 3 amide bonds. The van der Waals surface area contributed by atoms with Gasteiger partial charge in [0.05, 0.1) is 0 Å². The first-order valence-corrected chi connectivity index (χ1v) is 4.80. The van der Waals surface area contributed by atoms with Crippen LogP contribution in [0.2, 0.25) is 0 Å². The number of nitrogens with zero attached hydrogens (tertiary/aromatic N) is 1. The fourth-order valence-corrected chi connectivity index (χ4v) is 1.63. The van der Waals surface area contributed by atoms with E-state index in [1.54, 1.807) is 6.92 Å². The number of hydrogen-bond acceptors (Lipinski definition) is 4. The lowest BCUT2D eigenvalue weighted by Gasteiger charge is -2.23. The van der Waals surface area contributed by atoms with Gasteiger partial charge in [-0.15, -0.1) is 0 Å². The first-order valence-electron chi connectivity index (χ1n) is 4.80. The molecule has 1 rings (SSSR count). The lowest BCUT2D eigenvalue weighted by atomic mass is 10.1. The molecule has 6 nitrogen and oxygen atoms in total. The molecule has 0 aromatic rings. The lowest BCUT2D eigenvalue weighted by molar-refractivity contribution is -0.146. The molecule has 1 aliphatic heterocycles. The average molecular weight is 213 g/mol. The third-order valence-electron chi connectivity index (χ3n) is 2.49. The SMILES string of the molecule is CNC(=O)C(CN)N1C(=O)CC(C)C1=O. The highest BCUT2D eigenvalue weighted by Gasteiger charge is 2.41. The van der Waals surface area contributed by atoms with E-state index in [2.05, 4.69) is 5.32 Å². The van der Waals surface area contributed by atoms with Crippen LogP contribution in [0.1, 0.15) is 13.3 Å². The number of imide groups is 1. The number of rotatable bonds is 3. The summed E-state index contributed by atoms with van der Waals surface area (Å²) >= 11 is 0. The maximum absolute atomic E-state index is 11.6. The van der Waals surface area contributed by atoms with Gasteiger partial charge >= 0.3 is 0 Å². The van der Waals surface area contributed by atoms with E-state index < -0.39 is 11.9 Å². The third kappa shape index (κ3) is 1.99. The van der Waals surface area contributed by atoms with E-state index in [0.717, 1.165) is 4.90 Å². The Balaban J connectivity index is 2.89. The number of hydrogen-bond donors (Lipinski definition) is 2. The van der Waals surface area contributed by atoms with Crippen molar-refractivity contribution in [2.75, 3.05) is 13.6 Å². The maximum atomic E-state index is 11.6. The van der Waals surface area contributed by atoms with Gasteiger partial charge in [0.1, 0.15) is 6.04 Å². The van der Waals surface area contributed by atoms with E-state index in [0.29, 0.717) is 0 Å². The largest absolute Gasteiger partial charge is 0.357 e. The van der Waals surface area contributed by atoms with Crippen LogP contribution in [0.25, 0.3) is 0 Å². The Morgan fingerprint density at radius 2 is 2.27 bits per heavy atom. The molecule has 0 radical (unpaired) electrons. The Bertz CT molecular complexity index is 303. The summed E-state index contributed by atoms with van der Waals surface area (Å²) < 4.78 is 0. The summed E-state index contributed by atoms with van der Waals surface area (Å²) in [6.45, 7) is 1.61.